The van der Waals surface area contributed by atoms with Crippen LogP contribution in [0.15, 0.2) is 0 Å². The lowest BCUT2D eigenvalue weighted by molar-refractivity contribution is -0.136. The molecule has 0 amide bonds. The lowest BCUT2D eigenvalue weighted by Crippen LogP contribution is -2.25. The molecule has 0 aromatic rings. The molecule has 0 saturated carbocycles. The molecule has 0 heterocycles. The van der Waals surface area contributed by atoms with E-state index in [9.17, 15) is 13.2 Å². The lowest BCUT2D eigenvalue weighted by Gasteiger charge is -1.98. The average molecular weight is 154 g/mol. The van der Waals surface area contributed by atoms with E-state index in [0.717, 1.165) is 6.92 Å². The first-order valence-corrected chi connectivity index (χ1v) is 3.55. The van der Waals surface area contributed by atoms with E-state index in [-0.39, 0.29) is 0 Å². The molecule has 1 atom stereocenters. The van der Waals surface area contributed by atoms with Crippen LogP contribution in [-0.4, -0.2) is 29.3 Å². The van der Waals surface area contributed by atoms with Gasteiger partial charge in [-0.05, 0) is 6.92 Å². The van der Waals surface area contributed by atoms with E-state index < -0.39 is 21.3 Å². The van der Waals surface area contributed by atoms with Crippen LogP contribution in [0, 0.1) is 0 Å². The van der Waals surface area contributed by atoms with E-state index in [0.29, 0.717) is 0 Å². The van der Waals surface area contributed by atoms with Crippen molar-refractivity contribution in [3.8, 4) is 0 Å². The molecule has 0 unspecified atom stereocenters. The Bertz CT molecular complexity index is 202. The van der Waals surface area contributed by atoms with Crippen LogP contribution in [0.5, 0.6) is 0 Å². The molecule has 54 valence electrons. The molecule has 0 spiro atoms. The van der Waals surface area contributed by atoms with Crippen molar-refractivity contribution in [3.63, 3.8) is 0 Å². The van der Waals surface area contributed by atoms with E-state index in [1.165, 1.54) is 0 Å². The van der Waals surface area contributed by atoms with Gasteiger partial charge in [-0.1, -0.05) is 0 Å². The first kappa shape index (κ1) is 8.38. The van der Waals surface area contributed by atoms with Crippen molar-refractivity contribution < 1.29 is 22.9 Å². The normalized spacial score (nSPS) is 14.9. The number of rotatable bonds is 2. The highest BCUT2D eigenvalue weighted by atomic mass is 32.2. The Balaban J connectivity index is 4.43. The molecule has 0 fully saturated rings. The summed E-state index contributed by atoms with van der Waals surface area (Å²) in [5.41, 5.74) is 0. The second-order valence-corrected chi connectivity index (χ2v) is 3.23. The third kappa shape index (κ3) is 2.43. The van der Waals surface area contributed by atoms with Crippen LogP contribution in [0.25, 0.3) is 0 Å². The van der Waals surface area contributed by atoms with Crippen molar-refractivity contribution in [2.75, 3.05) is 0 Å². The van der Waals surface area contributed by atoms with Crippen LogP contribution in [0.2, 0.25) is 0 Å². The smallest absolute Gasteiger partial charge is 0.324 e. The summed E-state index contributed by atoms with van der Waals surface area (Å²) in [6, 6.07) is 0. The number of carbonyl (C=O) groups is 1. The fourth-order valence-electron chi connectivity index (χ4n) is 0.127. The predicted octanol–water partition coefficient (Wildman–Crippen LogP) is -0.653. The highest BCUT2D eigenvalue weighted by Gasteiger charge is 2.24. The standard InChI is InChI=1S/C3H6O5S/c1-2(3(4)5)9(6,7)8/h2H,1H3,(H,4,5)(H,6,7,8)/t2-/m0/s1. The van der Waals surface area contributed by atoms with Crippen LogP contribution in [0.1, 0.15) is 6.92 Å². The SMILES string of the molecule is C[C@@H](C(=O)O)S(=O)(=O)O. The fourth-order valence-corrected chi connectivity index (χ4v) is 0.382. The van der Waals surface area contributed by atoms with Crippen molar-refractivity contribution >= 4 is 16.1 Å². The zero-order chi connectivity index (χ0) is 7.65. The summed E-state index contributed by atoms with van der Waals surface area (Å²) in [5, 5.41) is 6.24. The second kappa shape index (κ2) is 2.32. The van der Waals surface area contributed by atoms with Crippen molar-refractivity contribution in [1.29, 1.82) is 0 Å². The summed E-state index contributed by atoms with van der Waals surface area (Å²) in [6.45, 7) is 0.887. The van der Waals surface area contributed by atoms with Gasteiger partial charge in [0, 0.05) is 0 Å². The Morgan fingerprint density at radius 1 is 1.56 bits per heavy atom. The highest BCUT2D eigenvalue weighted by molar-refractivity contribution is 7.87. The van der Waals surface area contributed by atoms with Crippen molar-refractivity contribution in [3.05, 3.63) is 0 Å². The minimum atomic E-state index is -4.40. The van der Waals surface area contributed by atoms with E-state index in [1.54, 1.807) is 0 Å². The van der Waals surface area contributed by atoms with Gasteiger partial charge in [0.15, 0.2) is 5.25 Å². The third-order valence-corrected chi connectivity index (χ3v) is 1.89. The van der Waals surface area contributed by atoms with E-state index in [1.807, 2.05) is 0 Å². The van der Waals surface area contributed by atoms with Crippen molar-refractivity contribution in [2.45, 2.75) is 12.2 Å². The lowest BCUT2D eigenvalue weighted by atomic mass is 10.5. The summed E-state index contributed by atoms with van der Waals surface area (Å²) in [5.74, 6) is -1.56. The van der Waals surface area contributed by atoms with Gasteiger partial charge in [-0.2, -0.15) is 8.42 Å². The van der Waals surface area contributed by atoms with Crippen LogP contribution < -0.4 is 0 Å². The van der Waals surface area contributed by atoms with Gasteiger partial charge in [0.2, 0.25) is 0 Å². The minimum absolute atomic E-state index is 0.887. The average Bonchev–Trinajstić information content (AvgIpc) is 1.62. The first-order valence-electron chi connectivity index (χ1n) is 2.05. The van der Waals surface area contributed by atoms with Gasteiger partial charge in [0.25, 0.3) is 10.1 Å². The molecule has 0 saturated heterocycles. The molecule has 0 aliphatic carbocycles. The molecule has 0 bridgehead atoms. The van der Waals surface area contributed by atoms with Gasteiger partial charge in [-0.3, -0.25) is 9.35 Å². The van der Waals surface area contributed by atoms with Gasteiger partial charge < -0.3 is 5.11 Å². The summed E-state index contributed by atoms with van der Waals surface area (Å²) in [6.07, 6.45) is 0. The first-order chi connectivity index (χ1) is 3.85. The molecule has 5 nitrogen and oxygen atoms in total. The number of aliphatic carboxylic acids is 1. The quantitative estimate of drug-likeness (QED) is 0.515. The molecule has 0 aromatic heterocycles. The Kier molecular flexibility index (Phi) is 2.16. The molecule has 0 aromatic carbocycles. The Labute approximate surface area is 52.1 Å². The van der Waals surface area contributed by atoms with Crippen LogP contribution >= 0.6 is 0 Å². The number of carboxylic acids is 1. The van der Waals surface area contributed by atoms with Gasteiger partial charge in [-0.25, -0.2) is 0 Å². The number of hydrogen-bond donors (Lipinski definition) is 2. The van der Waals surface area contributed by atoms with Crippen LogP contribution in [-0.2, 0) is 14.9 Å². The summed E-state index contributed by atoms with van der Waals surface area (Å²) in [7, 11) is -4.40. The second-order valence-electron chi connectivity index (χ2n) is 1.50. The van der Waals surface area contributed by atoms with Gasteiger partial charge >= 0.3 is 5.97 Å². The van der Waals surface area contributed by atoms with E-state index >= 15 is 0 Å². The van der Waals surface area contributed by atoms with Gasteiger partial charge in [0.05, 0.1) is 0 Å². The Hall–Kier alpha value is -0.620. The molecule has 6 heteroatoms. The Morgan fingerprint density at radius 3 is 1.89 bits per heavy atom. The maximum absolute atomic E-state index is 9.95. The minimum Gasteiger partial charge on any atom is -0.480 e. The number of carboxylic acid groups (broad SMARTS) is 1. The molecular formula is C3H6O5S. The molecule has 0 rings (SSSR count). The number of hydrogen-bond acceptors (Lipinski definition) is 3. The third-order valence-electron chi connectivity index (χ3n) is 0.795. The highest BCUT2D eigenvalue weighted by Crippen LogP contribution is 1.95. The fraction of sp³-hybridized carbons (Fsp3) is 0.667. The molecule has 0 radical (unpaired) electrons. The molecule has 0 aliphatic rings. The van der Waals surface area contributed by atoms with Gasteiger partial charge in [-0.15, -0.1) is 0 Å². The maximum Gasteiger partial charge on any atom is 0.324 e. The molecule has 9 heavy (non-hydrogen) atoms. The van der Waals surface area contributed by atoms with Crippen LogP contribution in [0.3, 0.4) is 0 Å². The zero-order valence-corrected chi connectivity index (χ0v) is 5.42. The molecule has 2 N–H and O–H groups in total. The van der Waals surface area contributed by atoms with E-state index in [2.05, 4.69) is 0 Å². The monoisotopic (exact) mass is 154 g/mol. The topological polar surface area (TPSA) is 91.7 Å². The van der Waals surface area contributed by atoms with Crippen molar-refractivity contribution in [1.82, 2.24) is 0 Å². The molecular weight excluding hydrogens is 148 g/mol. The Morgan fingerprint density at radius 2 is 1.89 bits per heavy atom. The summed E-state index contributed by atoms with van der Waals surface area (Å²) < 4.78 is 27.9. The van der Waals surface area contributed by atoms with Crippen LogP contribution in [0.4, 0.5) is 0 Å². The maximum atomic E-state index is 9.95. The van der Waals surface area contributed by atoms with E-state index in [4.69, 9.17) is 9.66 Å². The largest absolute Gasteiger partial charge is 0.480 e. The zero-order valence-electron chi connectivity index (χ0n) is 4.60. The summed E-state index contributed by atoms with van der Waals surface area (Å²) in [4.78, 5) is 9.81. The summed E-state index contributed by atoms with van der Waals surface area (Å²) >= 11 is 0. The molecule has 0 aliphatic heterocycles. The van der Waals surface area contributed by atoms with Gasteiger partial charge in [0.1, 0.15) is 0 Å². The predicted molar refractivity (Wildman–Crippen MR) is 28.6 cm³/mol. The van der Waals surface area contributed by atoms with Crippen molar-refractivity contribution in [2.24, 2.45) is 0 Å².